The number of hydrogen-bond donors (Lipinski definition) is 1. The summed E-state index contributed by atoms with van der Waals surface area (Å²) in [7, 11) is 3.05. The lowest BCUT2D eigenvalue weighted by Crippen LogP contribution is -2.13. The predicted molar refractivity (Wildman–Crippen MR) is 101 cm³/mol. The quantitative estimate of drug-likeness (QED) is 0.720. The Bertz CT molecular complexity index is 918. The molecule has 0 saturated carbocycles. The van der Waals surface area contributed by atoms with Gasteiger partial charge in [-0.05, 0) is 35.7 Å². The van der Waals surface area contributed by atoms with Crippen molar-refractivity contribution < 1.29 is 14.3 Å². The first kappa shape index (κ1) is 17.2. The van der Waals surface area contributed by atoms with Crippen LogP contribution in [0.25, 0.3) is 10.2 Å². The van der Waals surface area contributed by atoms with Gasteiger partial charge < -0.3 is 9.47 Å². The zero-order valence-corrected chi connectivity index (χ0v) is 15.4. The molecule has 6 heteroatoms. The monoisotopic (exact) mass is 356 g/mol. The highest BCUT2D eigenvalue weighted by Crippen LogP contribution is 2.33. The van der Waals surface area contributed by atoms with Crippen LogP contribution in [0.1, 0.15) is 35.7 Å². The van der Waals surface area contributed by atoms with Crippen LogP contribution in [0.5, 0.6) is 11.5 Å². The van der Waals surface area contributed by atoms with E-state index in [1.807, 2.05) is 6.07 Å². The number of nitrogens with zero attached hydrogens (tertiary/aromatic N) is 1. The van der Waals surface area contributed by atoms with Crippen LogP contribution in [-0.2, 0) is 0 Å². The second-order valence-corrected chi connectivity index (χ2v) is 6.93. The van der Waals surface area contributed by atoms with Gasteiger partial charge in [0.05, 0.1) is 30.0 Å². The number of hydrogen-bond acceptors (Lipinski definition) is 5. The van der Waals surface area contributed by atoms with E-state index in [0.29, 0.717) is 28.1 Å². The molecule has 25 heavy (non-hydrogen) atoms. The summed E-state index contributed by atoms with van der Waals surface area (Å²) in [5, 5.41) is 3.42. The third-order valence-corrected chi connectivity index (χ3v) is 4.88. The Morgan fingerprint density at radius 3 is 2.64 bits per heavy atom. The molecule has 0 unspecified atom stereocenters. The fourth-order valence-electron chi connectivity index (χ4n) is 2.58. The van der Waals surface area contributed by atoms with Crippen molar-refractivity contribution in [3.05, 3.63) is 47.5 Å². The Kier molecular flexibility index (Phi) is 4.90. The van der Waals surface area contributed by atoms with Gasteiger partial charge in [-0.1, -0.05) is 37.3 Å². The van der Waals surface area contributed by atoms with Gasteiger partial charge in [-0.3, -0.25) is 10.1 Å². The molecule has 1 aromatic heterocycles. The summed E-state index contributed by atoms with van der Waals surface area (Å²) in [6.45, 7) is 4.31. The summed E-state index contributed by atoms with van der Waals surface area (Å²) < 4.78 is 11.6. The van der Waals surface area contributed by atoms with Crippen LogP contribution < -0.4 is 14.8 Å². The van der Waals surface area contributed by atoms with Crippen molar-refractivity contribution >= 4 is 32.6 Å². The molecule has 1 amide bonds. The molecule has 0 spiro atoms. The summed E-state index contributed by atoms with van der Waals surface area (Å²) in [6.07, 6.45) is 0. The van der Waals surface area contributed by atoms with E-state index in [1.54, 1.807) is 25.3 Å². The largest absolute Gasteiger partial charge is 0.493 e. The molecule has 3 rings (SSSR count). The highest BCUT2D eigenvalue weighted by atomic mass is 32.1. The minimum absolute atomic E-state index is 0.279. The third-order valence-electron chi connectivity index (χ3n) is 3.95. The van der Waals surface area contributed by atoms with E-state index in [9.17, 15) is 4.79 Å². The molecular weight excluding hydrogens is 336 g/mol. The molecule has 0 bridgehead atoms. The lowest BCUT2D eigenvalue weighted by Gasteiger charge is -2.11. The van der Waals surface area contributed by atoms with E-state index >= 15 is 0 Å². The maximum Gasteiger partial charge on any atom is 0.261 e. The Labute approximate surface area is 150 Å². The van der Waals surface area contributed by atoms with Gasteiger partial charge in [-0.25, -0.2) is 4.98 Å². The highest BCUT2D eigenvalue weighted by Gasteiger charge is 2.18. The molecular formula is C19H20N2O3S. The minimum Gasteiger partial charge on any atom is -0.493 e. The van der Waals surface area contributed by atoms with E-state index < -0.39 is 0 Å². The number of ether oxygens (including phenoxy) is 2. The molecule has 0 atom stereocenters. The fourth-order valence-corrected chi connectivity index (χ4v) is 3.49. The number of fused-ring (bicyclic) bond motifs is 1. The van der Waals surface area contributed by atoms with Crippen molar-refractivity contribution in [1.29, 1.82) is 0 Å². The minimum atomic E-state index is -0.279. The van der Waals surface area contributed by atoms with Gasteiger partial charge in [0.15, 0.2) is 16.6 Å². The summed E-state index contributed by atoms with van der Waals surface area (Å²) in [6, 6.07) is 11.4. The molecule has 1 heterocycles. The lowest BCUT2D eigenvalue weighted by atomic mass is 10.0. The zero-order valence-electron chi connectivity index (χ0n) is 14.6. The van der Waals surface area contributed by atoms with E-state index in [4.69, 9.17) is 9.47 Å². The van der Waals surface area contributed by atoms with Crippen LogP contribution in [0.2, 0.25) is 0 Å². The van der Waals surface area contributed by atoms with Crippen molar-refractivity contribution in [3.63, 3.8) is 0 Å². The molecule has 0 saturated heterocycles. The average molecular weight is 356 g/mol. The number of anilines is 1. The van der Waals surface area contributed by atoms with Crippen LogP contribution >= 0.6 is 11.3 Å². The van der Waals surface area contributed by atoms with Crippen LogP contribution in [0.4, 0.5) is 5.13 Å². The normalized spacial score (nSPS) is 10.9. The number of para-hydroxylation sites is 1. The first-order valence-corrected chi connectivity index (χ1v) is 8.78. The van der Waals surface area contributed by atoms with Crippen molar-refractivity contribution in [2.75, 3.05) is 19.5 Å². The van der Waals surface area contributed by atoms with E-state index in [1.165, 1.54) is 24.0 Å². The number of benzene rings is 2. The number of thiazole rings is 1. The highest BCUT2D eigenvalue weighted by molar-refractivity contribution is 7.22. The van der Waals surface area contributed by atoms with Crippen molar-refractivity contribution in [1.82, 2.24) is 4.98 Å². The summed E-state index contributed by atoms with van der Waals surface area (Å²) in [5.74, 6) is 1.09. The van der Waals surface area contributed by atoms with Gasteiger partial charge in [-0.2, -0.15) is 0 Å². The topological polar surface area (TPSA) is 60.5 Å². The van der Waals surface area contributed by atoms with E-state index in [2.05, 4.69) is 36.3 Å². The van der Waals surface area contributed by atoms with Gasteiger partial charge in [0.2, 0.25) is 0 Å². The van der Waals surface area contributed by atoms with Crippen molar-refractivity contribution in [3.8, 4) is 11.5 Å². The molecule has 0 aliphatic heterocycles. The van der Waals surface area contributed by atoms with E-state index in [0.717, 1.165) is 10.2 Å². The predicted octanol–water partition coefficient (Wildman–Crippen LogP) is 4.69. The van der Waals surface area contributed by atoms with Crippen LogP contribution in [-0.4, -0.2) is 25.1 Å². The SMILES string of the molecule is COc1cccc(C(=O)Nc2nc3ccc(C(C)C)cc3s2)c1OC. The van der Waals surface area contributed by atoms with Gasteiger partial charge >= 0.3 is 0 Å². The van der Waals surface area contributed by atoms with Gasteiger partial charge in [0, 0.05) is 0 Å². The first-order chi connectivity index (χ1) is 12.0. The smallest absolute Gasteiger partial charge is 0.261 e. The standard InChI is InChI=1S/C19H20N2O3S/c1-11(2)12-8-9-14-16(10-12)25-19(20-14)21-18(22)13-6-5-7-15(23-3)17(13)24-4/h5-11H,1-4H3,(H,20,21,22). The molecule has 0 fully saturated rings. The Balaban J connectivity index is 1.90. The lowest BCUT2D eigenvalue weighted by molar-refractivity contribution is 0.102. The maximum absolute atomic E-state index is 12.6. The summed E-state index contributed by atoms with van der Waals surface area (Å²) >= 11 is 1.46. The second kappa shape index (κ2) is 7.11. The average Bonchev–Trinajstić information content (AvgIpc) is 3.01. The van der Waals surface area contributed by atoms with Crippen molar-refractivity contribution in [2.45, 2.75) is 19.8 Å². The number of aromatic nitrogens is 1. The Morgan fingerprint density at radius 1 is 1.16 bits per heavy atom. The molecule has 0 aliphatic rings. The fraction of sp³-hybridized carbons (Fsp3) is 0.263. The van der Waals surface area contributed by atoms with Gasteiger partial charge in [0.1, 0.15) is 0 Å². The molecule has 5 nitrogen and oxygen atoms in total. The first-order valence-electron chi connectivity index (χ1n) is 7.96. The molecule has 1 N–H and O–H groups in total. The molecule has 3 aromatic rings. The zero-order chi connectivity index (χ0) is 18.0. The Morgan fingerprint density at radius 2 is 1.96 bits per heavy atom. The number of methoxy groups -OCH3 is 2. The number of nitrogens with one attached hydrogen (secondary N) is 1. The van der Waals surface area contributed by atoms with Crippen LogP contribution in [0.15, 0.2) is 36.4 Å². The Hall–Kier alpha value is -2.60. The van der Waals surface area contributed by atoms with Gasteiger partial charge in [0.25, 0.3) is 5.91 Å². The number of rotatable bonds is 5. The molecule has 0 aliphatic carbocycles. The molecule has 0 radical (unpaired) electrons. The second-order valence-electron chi connectivity index (χ2n) is 5.90. The van der Waals surface area contributed by atoms with Gasteiger partial charge in [-0.15, -0.1) is 0 Å². The van der Waals surface area contributed by atoms with Crippen LogP contribution in [0, 0.1) is 0 Å². The summed E-state index contributed by atoms with van der Waals surface area (Å²) in [4.78, 5) is 17.1. The van der Waals surface area contributed by atoms with Crippen molar-refractivity contribution in [2.24, 2.45) is 0 Å². The van der Waals surface area contributed by atoms with E-state index in [-0.39, 0.29) is 5.91 Å². The summed E-state index contributed by atoms with van der Waals surface area (Å²) in [5.41, 5.74) is 2.54. The number of amides is 1. The van der Waals surface area contributed by atoms with Crippen LogP contribution in [0.3, 0.4) is 0 Å². The number of carbonyl (C=O) groups excluding carboxylic acids is 1. The molecule has 2 aromatic carbocycles. The third kappa shape index (κ3) is 3.44. The maximum atomic E-state index is 12.6. The molecule has 130 valence electrons. The number of carbonyl (C=O) groups is 1.